The molecule has 6 nitrogen and oxygen atoms in total. The molecule has 1 saturated heterocycles. The third-order valence-electron chi connectivity index (χ3n) is 6.30. The van der Waals surface area contributed by atoms with Crippen molar-refractivity contribution in [1.29, 1.82) is 0 Å². The first-order chi connectivity index (χ1) is 15.6. The van der Waals surface area contributed by atoms with Gasteiger partial charge in [0, 0.05) is 13.2 Å². The van der Waals surface area contributed by atoms with E-state index in [-0.39, 0.29) is 6.04 Å². The number of ether oxygens (including phenoxy) is 2. The second-order valence-electron chi connectivity index (χ2n) is 8.12. The molecule has 0 N–H and O–H groups in total. The Kier molecular flexibility index (Phi) is 5.61. The number of benzene rings is 2. The molecule has 32 heavy (non-hydrogen) atoms. The van der Waals surface area contributed by atoms with E-state index in [1.807, 2.05) is 36.4 Å². The summed E-state index contributed by atoms with van der Waals surface area (Å²) in [7, 11) is 1.37. The minimum absolute atomic E-state index is 0.0118. The molecule has 2 aromatic heterocycles. The van der Waals surface area contributed by atoms with Gasteiger partial charge in [0.2, 0.25) is 5.52 Å². The van der Waals surface area contributed by atoms with Gasteiger partial charge in [0.05, 0.1) is 34.1 Å². The minimum Gasteiger partial charge on any atom is -0.618 e. The molecule has 164 valence electrons. The van der Waals surface area contributed by atoms with Crippen molar-refractivity contribution in [1.82, 2.24) is 4.57 Å². The van der Waals surface area contributed by atoms with Gasteiger partial charge in [-0.3, -0.25) is 0 Å². The predicted molar refractivity (Wildman–Crippen MR) is 126 cm³/mol. The average molecular weight is 495 g/mol. The number of hydrogen-bond acceptors (Lipinski definition) is 4. The van der Waals surface area contributed by atoms with E-state index in [0.717, 1.165) is 34.0 Å². The summed E-state index contributed by atoms with van der Waals surface area (Å²) in [5.74, 6) is -0.0759. The van der Waals surface area contributed by atoms with Crippen LogP contribution in [0.3, 0.4) is 0 Å². The summed E-state index contributed by atoms with van der Waals surface area (Å²) in [6.45, 7) is 1.42. The van der Waals surface area contributed by atoms with Gasteiger partial charge >= 0.3 is 5.97 Å². The van der Waals surface area contributed by atoms with E-state index < -0.39 is 5.97 Å². The topological polar surface area (TPSA) is 67.4 Å². The van der Waals surface area contributed by atoms with E-state index in [1.54, 1.807) is 6.07 Å². The molecular formula is C25H23BrN2O4. The van der Waals surface area contributed by atoms with E-state index in [2.05, 4.69) is 32.6 Å². The lowest BCUT2D eigenvalue weighted by atomic mass is 9.86. The van der Waals surface area contributed by atoms with Crippen LogP contribution in [0.5, 0.6) is 0 Å². The maximum Gasteiger partial charge on any atom is 0.337 e. The molecule has 1 fully saturated rings. The molecule has 5 rings (SSSR count). The van der Waals surface area contributed by atoms with E-state index in [4.69, 9.17) is 9.47 Å². The van der Waals surface area contributed by atoms with Crippen LogP contribution in [0.2, 0.25) is 0 Å². The number of methoxy groups -OCH3 is 1. The van der Waals surface area contributed by atoms with Gasteiger partial charge in [0.1, 0.15) is 5.52 Å². The zero-order valence-corrected chi connectivity index (χ0v) is 19.2. The van der Waals surface area contributed by atoms with Gasteiger partial charge in [0.15, 0.2) is 6.20 Å². The van der Waals surface area contributed by atoms with Crippen LogP contribution < -0.4 is 4.73 Å². The van der Waals surface area contributed by atoms with Crippen molar-refractivity contribution in [3.8, 4) is 0 Å². The molecular weight excluding hydrogens is 472 g/mol. The molecule has 1 aliphatic rings. The highest BCUT2D eigenvalue weighted by atomic mass is 79.9. The van der Waals surface area contributed by atoms with Crippen molar-refractivity contribution in [2.24, 2.45) is 5.92 Å². The van der Waals surface area contributed by atoms with Crippen molar-refractivity contribution in [2.45, 2.75) is 18.9 Å². The Bertz CT molecular complexity index is 1300. The van der Waals surface area contributed by atoms with E-state index in [1.165, 1.54) is 18.9 Å². The first-order valence-electron chi connectivity index (χ1n) is 10.7. The Labute approximate surface area is 194 Å². The van der Waals surface area contributed by atoms with Crippen LogP contribution in [-0.2, 0) is 9.47 Å². The smallest absolute Gasteiger partial charge is 0.337 e. The second kappa shape index (κ2) is 8.56. The molecule has 0 spiro atoms. The third-order valence-corrected chi connectivity index (χ3v) is 6.74. The third kappa shape index (κ3) is 3.55. The van der Waals surface area contributed by atoms with Gasteiger partial charge in [0.25, 0.3) is 0 Å². The number of aromatic nitrogens is 2. The number of pyridine rings is 1. The zero-order chi connectivity index (χ0) is 22.2. The normalized spacial score (nSPS) is 15.8. The Morgan fingerprint density at radius 3 is 2.62 bits per heavy atom. The number of carbonyl (C=O) groups is 1. The number of hydrogen-bond donors (Lipinski definition) is 0. The highest BCUT2D eigenvalue weighted by Crippen LogP contribution is 2.40. The first-order valence-corrected chi connectivity index (χ1v) is 11.4. The molecule has 4 aromatic rings. The van der Waals surface area contributed by atoms with Crippen molar-refractivity contribution < 1.29 is 19.0 Å². The van der Waals surface area contributed by atoms with Gasteiger partial charge in [-0.2, -0.15) is 4.73 Å². The summed E-state index contributed by atoms with van der Waals surface area (Å²) in [6.07, 6.45) is 3.36. The summed E-state index contributed by atoms with van der Waals surface area (Å²) in [5.41, 5.74) is 3.88. The van der Waals surface area contributed by atoms with Gasteiger partial charge in [-0.1, -0.05) is 30.3 Å². The molecule has 2 aromatic carbocycles. The Morgan fingerprint density at radius 1 is 1.16 bits per heavy atom. The second-order valence-corrected chi connectivity index (χ2v) is 9.03. The quantitative estimate of drug-likeness (QED) is 0.227. The maximum atomic E-state index is 13.0. The fourth-order valence-corrected chi connectivity index (χ4v) is 5.29. The molecule has 1 unspecified atom stereocenters. The summed E-state index contributed by atoms with van der Waals surface area (Å²) >= 11 is 3.50. The molecule has 0 bridgehead atoms. The lowest BCUT2D eigenvalue weighted by molar-refractivity contribution is -0.576. The number of carbonyl (C=O) groups excluding carboxylic acids is 1. The average Bonchev–Trinajstić information content (AvgIpc) is 3.13. The predicted octanol–water partition coefficient (Wildman–Crippen LogP) is 4.99. The first kappa shape index (κ1) is 21.0. The van der Waals surface area contributed by atoms with E-state index in [9.17, 15) is 10.0 Å². The van der Waals surface area contributed by atoms with E-state index in [0.29, 0.717) is 34.7 Å². The summed E-state index contributed by atoms with van der Waals surface area (Å²) in [6, 6.07) is 17.7. The highest BCUT2D eigenvalue weighted by Gasteiger charge is 2.32. The van der Waals surface area contributed by atoms with Crippen LogP contribution in [0, 0.1) is 11.1 Å². The number of fused-ring (bicyclic) bond motifs is 3. The Balaban J connectivity index is 1.87. The molecule has 3 heterocycles. The lowest BCUT2D eigenvalue weighted by Gasteiger charge is -2.33. The zero-order valence-electron chi connectivity index (χ0n) is 17.7. The molecule has 0 amide bonds. The van der Waals surface area contributed by atoms with Crippen molar-refractivity contribution in [3.63, 3.8) is 0 Å². The van der Waals surface area contributed by atoms with Crippen LogP contribution in [0.4, 0.5) is 0 Å². The monoisotopic (exact) mass is 494 g/mol. The van der Waals surface area contributed by atoms with Crippen LogP contribution in [-0.4, -0.2) is 30.9 Å². The summed E-state index contributed by atoms with van der Waals surface area (Å²) < 4.78 is 14.4. The van der Waals surface area contributed by atoms with Crippen LogP contribution >= 0.6 is 15.9 Å². The number of esters is 1. The maximum absolute atomic E-state index is 13.0. The Hall–Kier alpha value is -2.90. The number of rotatable bonds is 4. The van der Waals surface area contributed by atoms with E-state index >= 15 is 0 Å². The number of nitrogens with zero attached hydrogens (tertiary/aromatic N) is 2. The van der Waals surface area contributed by atoms with Gasteiger partial charge in [-0.25, -0.2) is 4.79 Å². The van der Waals surface area contributed by atoms with Crippen molar-refractivity contribution in [2.75, 3.05) is 20.3 Å². The molecule has 0 radical (unpaired) electrons. The van der Waals surface area contributed by atoms with Crippen LogP contribution in [0.25, 0.3) is 21.9 Å². The Morgan fingerprint density at radius 2 is 1.91 bits per heavy atom. The summed E-state index contributed by atoms with van der Waals surface area (Å²) in [5, 5.41) is 13.8. The molecule has 0 aliphatic carbocycles. The SMILES string of the molecule is COC(=O)c1ccc2c(c1)n(C(c1ccccc1)C1CCOCC1)c1cc(Br)c[n+]([O-])c21. The standard InChI is InChI=1S/C25H23BrN2O4/c1-31-25(29)18-7-8-20-21(13-18)28(22-14-19(26)15-27(30)24(20)22)23(16-5-3-2-4-6-16)17-9-11-32-12-10-17/h2-8,13-15,17,23H,9-12H2,1H3. The van der Waals surface area contributed by atoms with Crippen LogP contribution in [0.15, 0.2) is 65.3 Å². The highest BCUT2D eigenvalue weighted by molar-refractivity contribution is 9.10. The number of halogens is 1. The fourth-order valence-electron chi connectivity index (χ4n) is 4.89. The molecule has 1 aliphatic heterocycles. The van der Waals surface area contributed by atoms with Gasteiger partial charge in [-0.05, 0) is 64.5 Å². The molecule has 1 atom stereocenters. The van der Waals surface area contributed by atoms with Gasteiger partial charge < -0.3 is 19.2 Å². The molecule has 7 heteroatoms. The van der Waals surface area contributed by atoms with Gasteiger partial charge in [-0.15, -0.1) is 0 Å². The largest absolute Gasteiger partial charge is 0.618 e. The van der Waals surface area contributed by atoms with Crippen LogP contribution in [0.1, 0.15) is 34.8 Å². The summed E-state index contributed by atoms with van der Waals surface area (Å²) in [4.78, 5) is 12.3. The fraction of sp³-hybridized carbons (Fsp3) is 0.280. The van der Waals surface area contributed by atoms with Crippen molar-refractivity contribution >= 4 is 43.8 Å². The minimum atomic E-state index is -0.401. The lowest BCUT2D eigenvalue weighted by Crippen LogP contribution is -2.28. The van der Waals surface area contributed by atoms with Crippen molar-refractivity contribution in [3.05, 3.63) is 81.6 Å². The molecule has 0 saturated carbocycles.